The molecule has 0 saturated heterocycles. The first-order valence-corrected chi connectivity index (χ1v) is 7.67. The van der Waals surface area contributed by atoms with Gasteiger partial charge in [-0.1, -0.05) is 36.4 Å². The topological polar surface area (TPSA) is 96.4 Å². The Bertz CT molecular complexity index is 921. The number of nitrogen functional groups attached to an aromatic ring is 1. The van der Waals surface area contributed by atoms with Crippen LogP contribution in [0.5, 0.6) is 5.75 Å². The Morgan fingerprint density at radius 1 is 1.12 bits per heavy atom. The maximum absolute atomic E-state index is 11.6. The van der Waals surface area contributed by atoms with Crippen molar-refractivity contribution < 1.29 is 15.0 Å². The molecule has 4 N–H and O–H groups in total. The molecule has 0 spiro atoms. The van der Waals surface area contributed by atoms with Crippen LogP contribution in [0.3, 0.4) is 0 Å². The molecular weight excluding hydrogens is 304 g/mol. The fourth-order valence-corrected chi connectivity index (χ4v) is 2.90. The van der Waals surface area contributed by atoms with Crippen LogP contribution in [0.4, 0.5) is 5.69 Å². The van der Waals surface area contributed by atoms with Crippen LogP contribution < -0.4 is 5.73 Å². The Kier molecular flexibility index (Phi) is 4.08. The van der Waals surface area contributed by atoms with Crippen molar-refractivity contribution in [1.82, 2.24) is 4.98 Å². The Labute approximate surface area is 139 Å². The number of fused-ring (bicyclic) bond motifs is 1. The van der Waals surface area contributed by atoms with E-state index in [0.29, 0.717) is 35.0 Å². The second kappa shape index (κ2) is 6.20. The fraction of sp³-hybridized carbons (Fsp3) is 0.158. The maximum atomic E-state index is 11.6. The number of nitrogens with zero attached hydrogens (tertiary/aromatic N) is 1. The summed E-state index contributed by atoms with van der Waals surface area (Å²) < 4.78 is 0. The molecule has 0 atom stereocenters. The molecule has 24 heavy (non-hydrogen) atoms. The highest BCUT2D eigenvalue weighted by Crippen LogP contribution is 2.35. The van der Waals surface area contributed by atoms with Gasteiger partial charge in [-0.2, -0.15) is 0 Å². The van der Waals surface area contributed by atoms with Crippen molar-refractivity contribution in [3.8, 4) is 5.75 Å². The van der Waals surface area contributed by atoms with Crippen molar-refractivity contribution in [2.45, 2.75) is 19.8 Å². The number of carboxylic acid groups (broad SMARTS) is 1. The molecule has 0 aliphatic rings. The van der Waals surface area contributed by atoms with E-state index >= 15 is 0 Å². The molecule has 0 aliphatic carbocycles. The van der Waals surface area contributed by atoms with Crippen molar-refractivity contribution in [2.75, 3.05) is 5.73 Å². The molecule has 1 heterocycles. The molecule has 0 amide bonds. The van der Waals surface area contributed by atoms with E-state index in [4.69, 9.17) is 5.73 Å². The smallest absolute Gasteiger partial charge is 0.354 e. The van der Waals surface area contributed by atoms with Gasteiger partial charge < -0.3 is 15.9 Å². The molecule has 5 heteroatoms. The minimum absolute atomic E-state index is 0.0434. The monoisotopic (exact) mass is 322 g/mol. The lowest BCUT2D eigenvalue weighted by Gasteiger charge is -2.14. The van der Waals surface area contributed by atoms with Gasteiger partial charge >= 0.3 is 5.97 Å². The van der Waals surface area contributed by atoms with Gasteiger partial charge in [0.1, 0.15) is 5.75 Å². The first-order valence-electron chi connectivity index (χ1n) is 7.67. The number of benzene rings is 2. The van der Waals surface area contributed by atoms with Crippen molar-refractivity contribution >= 4 is 22.6 Å². The first-order chi connectivity index (χ1) is 11.5. The molecule has 122 valence electrons. The van der Waals surface area contributed by atoms with E-state index in [1.54, 1.807) is 12.1 Å². The molecule has 5 nitrogen and oxygen atoms in total. The van der Waals surface area contributed by atoms with E-state index in [1.165, 1.54) is 0 Å². The number of rotatable bonds is 4. The average Bonchev–Trinajstić information content (AvgIpc) is 2.57. The summed E-state index contributed by atoms with van der Waals surface area (Å²) in [4.78, 5) is 15.8. The molecule has 0 radical (unpaired) electrons. The Balaban J connectivity index is 2.14. The average molecular weight is 322 g/mol. The predicted molar refractivity (Wildman–Crippen MR) is 93.4 cm³/mol. The lowest BCUT2D eigenvalue weighted by atomic mass is 9.97. The van der Waals surface area contributed by atoms with Crippen LogP contribution in [0.2, 0.25) is 0 Å². The standard InChI is InChI=1S/C19H18N2O3/c1-11-7-10-14(20)17-15(11)18(22)13(16(21-17)19(23)24)9-8-12-5-3-2-4-6-12/h2-7,10H,8-9,20H2,1H3,(H,21,22)(H,23,24). The van der Waals surface area contributed by atoms with E-state index in [0.717, 1.165) is 11.1 Å². The molecule has 2 aromatic carbocycles. The number of anilines is 1. The molecule has 0 unspecified atom stereocenters. The fourth-order valence-electron chi connectivity index (χ4n) is 2.90. The quantitative estimate of drug-likeness (QED) is 0.640. The third-order valence-corrected chi connectivity index (χ3v) is 4.16. The van der Waals surface area contributed by atoms with Crippen molar-refractivity contribution in [2.24, 2.45) is 0 Å². The molecule has 1 aromatic heterocycles. The third-order valence-electron chi connectivity index (χ3n) is 4.16. The lowest BCUT2D eigenvalue weighted by Crippen LogP contribution is -2.09. The largest absolute Gasteiger partial charge is 0.507 e. The second-order valence-electron chi connectivity index (χ2n) is 5.77. The lowest BCUT2D eigenvalue weighted by molar-refractivity contribution is 0.0689. The van der Waals surface area contributed by atoms with Gasteiger partial charge in [0.05, 0.1) is 11.2 Å². The predicted octanol–water partition coefficient (Wildman–Crippen LogP) is 3.31. The summed E-state index contributed by atoms with van der Waals surface area (Å²) in [7, 11) is 0. The van der Waals surface area contributed by atoms with Gasteiger partial charge in [0.15, 0.2) is 5.69 Å². The van der Waals surface area contributed by atoms with Crippen LogP contribution in [-0.2, 0) is 12.8 Å². The van der Waals surface area contributed by atoms with Crippen LogP contribution in [0.25, 0.3) is 10.9 Å². The number of pyridine rings is 1. The molecule has 0 saturated carbocycles. The van der Waals surface area contributed by atoms with Crippen LogP contribution >= 0.6 is 0 Å². The Hall–Kier alpha value is -3.08. The van der Waals surface area contributed by atoms with Crippen LogP contribution in [-0.4, -0.2) is 21.2 Å². The molecule has 3 aromatic rings. The Morgan fingerprint density at radius 2 is 1.83 bits per heavy atom. The summed E-state index contributed by atoms with van der Waals surface area (Å²) in [6, 6.07) is 13.2. The molecule has 0 aliphatic heterocycles. The second-order valence-corrected chi connectivity index (χ2v) is 5.77. The summed E-state index contributed by atoms with van der Waals surface area (Å²) in [5.41, 5.74) is 8.66. The number of hydrogen-bond donors (Lipinski definition) is 3. The van der Waals surface area contributed by atoms with E-state index in [1.807, 2.05) is 37.3 Å². The maximum Gasteiger partial charge on any atom is 0.354 e. The number of hydrogen-bond acceptors (Lipinski definition) is 4. The SMILES string of the molecule is Cc1ccc(N)c2nc(C(=O)O)c(CCc3ccccc3)c(O)c12. The van der Waals surface area contributed by atoms with E-state index < -0.39 is 5.97 Å². The number of aromatic hydroxyl groups is 1. The minimum atomic E-state index is -1.17. The van der Waals surface area contributed by atoms with E-state index in [-0.39, 0.29) is 11.4 Å². The zero-order chi connectivity index (χ0) is 17.3. The number of carbonyl (C=O) groups is 1. The summed E-state index contributed by atoms with van der Waals surface area (Å²) in [5, 5.41) is 20.7. The van der Waals surface area contributed by atoms with Crippen LogP contribution in [0, 0.1) is 6.92 Å². The number of nitrogens with two attached hydrogens (primary N) is 1. The van der Waals surface area contributed by atoms with Crippen LogP contribution in [0.1, 0.15) is 27.2 Å². The van der Waals surface area contributed by atoms with E-state index in [9.17, 15) is 15.0 Å². The molecule has 0 fully saturated rings. The van der Waals surface area contributed by atoms with Crippen LogP contribution in [0.15, 0.2) is 42.5 Å². The van der Waals surface area contributed by atoms with Gasteiger partial charge in [0.2, 0.25) is 0 Å². The van der Waals surface area contributed by atoms with Gasteiger partial charge in [0.25, 0.3) is 0 Å². The summed E-state index contributed by atoms with van der Waals surface area (Å²) >= 11 is 0. The van der Waals surface area contributed by atoms with Crippen molar-refractivity contribution in [3.63, 3.8) is 0 Å². The summed E-state index contributed by atoms with van der Waals surface area (Å²) in [6.07, 6.45) is 0.998. The van der Waals surface area contributed by atoms with Gasteiger partial charge in [-0.05, 0) is 37.0 Å². The van der Waals surface area contributed by atoms with Crippen molar-refractivity contribution in [3.05, 3.63) is 64.8 Å². The summed E-state index contributed by atoms with van der Waals surface area (Å²) in [5.74, 6) is -1.21. The zero-order valence-corrected chi connectivity index (χ0v) is 13.3. The molecule has 3 rings (SSSR count). The van der Waals surface area contributed by atoms with Gasteiger partial charge in [-0.3, -0.25) is 0 Å². The highest BCUT2D eigenvalue weighted by atomic mass is 16.4. The highest BCUT2D eigenvalue weighted by molar-refractivity contribution is 6.01. The van der Waals surface area contributed by atoms with Gasteiger partial charge in [0, 0.05) is 10.9 Å². The number of aromatic carboxylic acids is 1. The van der Waals surface area contributed by atoms with E-state index in [2.05, 4.69) is 4.98 Å². The minimum Gasteiger partial charge on any atom is -0.507 e. The summed E-state index contributed by atoms with van der Waals surface area (Å²) in [6.45, 7) is 1.84. The Morgan fingerprint density at radius 3 is 2.50 bits per heavy atom. The number of aryl methyl sites for hydroxylation is 2. The molecular formula is C19H18N2O3. The zero-order valence-electron chi connectivity index (χ0n) is 13.3. The number of carboxylic acids is 1. The van der Waals surface area contributed by atoms with Gasteiger partial charge in [-0.25, -0.2) is 9.78 Å². The third kappa shape index (κ3) is 2.76. The highest BCUT2D eigenvalue weighted by Gasteiger charge is 2.21. The number of aromatic nitrogens is 1. The normalized spacial score (nSPS) is 10.9. The molecule has 0 bridgehead atoms. The van der Waals surface area contributed by atoms with Crippen molar-refractivity contribution in [1.29, 1.82) is 0 Å². The van der Waals surface area contributed by atoms with Gasteiger partial charge in [-0.15, -0.1) is 0 Å². The first kappa shape index (κ1) is 15.8.